The number of rotatable bonds is 8. The van der Waals surface area contributed by atoms with Crippen molar-refractivity contribution in [1.29, 1.82) is 0 Å². The number of aromatic nitrogens is 2. The molecule has 2 aliphatic carbocycles. The predicted octanol–water partition coefficient (Wildman–Crippen LogP) is 4.89. The summed E-state index contributed by atoms with van der Waals surface area (Å²) in [7, 11) is 0. The zero-order valence-corrected chi connectivity index (χ0v) is 35.3. The summed E-state index contributed by atoms with van der Waals surface area (Å²) >= 11 is 0. The van der Waals surface area contributed by atoms with Gasteiger partial charge in [0.2, 0.25) is 23.6 Å². The number of benzene rings is 2. The molecule has 62 heavy (non-hydrogen) atoms. The van der Waals surface area contributed by atoms with Crippen LogP contribution in [-0.2, 0) is 25.6 Å². The molecule has 5 fully saturated rings. The van der Waals surface area contributed by atoms with Crippen molar-refractivity contribution in [2.75, 3.05) is 37.6 Å². The van der Waals surface area contributed by atoms with Gasteiger partial charge in [-0.2, -0.15) is 5.10 Å². The highest BCUT2D eigenvalue weighted by molar-refractivity contribution is 6.23. The largest absolute Gasteiger partial charge is 0.489 e. The molecule has 2 atom stereocenters. The van der Waals surface area contributed by atoms with Crippen molar-refractivity contribution in [2.24, 2.45) is 11.8 Å². The molecule has 0 spiro atoms. The van der Waals surface area contributed by atoms with E-state index in [1.54, 1.807) is 18.2 Å². The van der Waals surface area contributed by atoms with Crippen molar-refractivity contribution >= 4 is 41.1 Å². The Labute approximate surface area is 361 Å². The van der Waals surface area contributed by atoms with Gasteiger partial charge in [0.15, 0.2) is 0 Å². The van der Waals surface area contributed by atoms with Crippen LogP contribution in [0.25, 0.3) is 11.1 Å². The number of nitrogens with one attached hydrogen (secondary N) is 1. The summed E-state index contributed by atoms with van der Waals surface area (Å²) in [5.41, 5.74) is 5.29. The molecule has 0 radical (unpaired) electrons. The van der Waals surface area contributed by atoms with E-state index in [0.29, 0.717) is 25.2 Å². The lowest BCUT2D eigenvalue weighted by molar-refractivity contribution is -0.136. The highest BCUT2D eigenvalue weighted by Gasteiger charge is 2.45. The molecular formula is C48H53N7O7. The smallest absolute Gasteiger partial charge is 0.262 e. The van der Waals surface area contributed by atoms with Crippen molar-refractivity contribution < 1.29 is 33.5 Å². The van der Waals surface area contributed by atoms with Crippen LogP contribution >= 0.6 is 0 Å². The Hall–Kier alpha value is -5.81. The molecule has 322 valence electrons. The first kappa shape index (κ1) is 40.3. The van der Waals surface area contributed by atoms with Crippen molar-refractivity contribution in [3.63, 3.8) is 0 Å². The second-order valence-corrected chi connectivity index (χ2v) is 18.3. The molecule has 1 N–H and O–H groups in total. The fraction of sp³-hybridized carbons (Fsp3) is 0.521. The third kappa shape index (κ3) is 7.69. The maximum absolute atomic E-state index is 13.4. The van der Waals surface area contributed by atoms with Gasteiger partial charge in [-0.1, -0.05) is 11.8 Å². The zero-order chi connectivity index (χ0) is 42.6. The van der Waals surface area contributed by atoms with Crippen LogP contribution in [0.3, 0.4) is 0 Å². The number of anilines is 1. The van der Waals surface area contributed by atoms with Crippen LogP contribution in [0.2, 0.25) is 0 Å². The minimum atomic E-state index is -1.01. The summed E-state index contributed by atoms with van der Waals surface area (Å²) in [6, 6.07) is 8.56. The van der Waals surface area contributed by atoms with Crippen LogP contribution in [0.1, 0.15) is 122 Å². The summed E-state index contributed by atoms with van der Waals surface area (Å²) in [5.74, 6) is 5.92. The predicted molar refractivity (Wildman–Crippen MR) is 228 cm³/mol. The Morgan fingerprint density at radius 2 is 1.60 bits per heavy atom. The third-order valence-corrected chi connectivity index (χ3v) is 14.2. The van der Waals surface area contributed by atoms with Crippen molar-refractivity contribution in [1.82, 2.24) is 29.8 Å². The first-order chi connectivity index (χ1) is 30.1. The molecule has 0 bridgehead atoms. The molecule has 6 heterocycles. The normalized spacial score (nSPS) is 23.7. The van der Waals surface area contributed by atoms with Gasteiger partial charge in [0.1, 0.15) is 11.8 Å². The summed E-state index contributed by atoms with van der Waals surface area (Å²) in [5, 5.41) is 7.07. The number of carbonyl (C=O) groups excluding carboxylic acids is 6. The van der Waals surface area contributed by atoms with E-state index < -0.39 is 29.7 Å². The SMILES string of the molecule is C[C@H]1CCc2c(ccc(-c3cnn(C4CCN(CC(=O)N5CCC(C#Cc6ccc7c(c6)C(=O)N(C6CCC(=O)NC6=O)C7=O)CC5)CC4)c3)c2OC2CCC2)N1C(=O)C1CC1. The molecule has 3 aromatic rings. The molecule has 3 saturated heterocycles. The molecule has 1 aromatic heterocycles. The minimum Gasteiger partial charge on any atom is -0.489 e. The number of amides is 6. The minimum absolute atomic E-state index is 0.0680. The maximum atomic E-state index is 13.4. The van der Waals surface area contributed by atoms with E-state index >= 15 is 0 Å². The molecule has 10 rings (SSSR count). The lowest BCUT2D eigenvalue weighted by atomic mass is 9.91. The van der Waals surface area contributed by atoms with Crippen LogP contribution in [0.5, 0.6) is 5.75 Å². The van der Waals surface area contributed by atoms with Gasteiger partial charge >= 0.3 is 0 Å². The van der Waals surface area contributed by atoms with Gasteiger partial charge in [-0.15, -0.1) is 0 Å². The van der Waals surface area contributed by atoms with Gasteiger partial charge < -0.3 is 14.5 Å². The Kier molecular flexibility index (Phi) is 10.7. The van der Waals surface area contributed by atoms with Crippen molar-refractivity contribution in [3.05, 3.63) is 65.0 Å². The second-order valence-electron chi connectivity index (χ2n) is 18.3. The van der Waals surface area contributed by atoms with E-state index in [1.165, 1.54) is 6.42 Å². The number of nitrogens with zero attached hydrogens (tertiary/aromatic N) is 6. The number of hydrogen-bond acceptors (Lipinski definition) is 9. The summed E-state index contributed by atoms with van der Waals surface area (Å²) in [4.78, 5) is 84.3. The Bertz CT molecular complexity index is 2410. The zero-order valence-electron chi connectivity index (χ0n) is 35.3. The Morgan fingerprint density at radius 3 is 2.32 bits per heavy atom. The van der Waals surface area contributed by atoms with Crippen molar-refractivity contribution in [3.8, 4) is 28.7 Å². The van der Waals surface area contributed by atoms with E-state index in [0.717, 1.165) is 110 Å². The molecule has 2 saturated carbocycles. The fourth-order valence-electron chi connectivity index (χ4n) is 10.0. The van der Waals surface area contributed by atoms with Crippen LogP contribution in [0.15, 0.2) is 42.7 Å². The average molecular weight is 840 g/mol. The molecule has 7 aliphatic rings. The molecule has 5 aliphatic heterocycles. The van der Waals surface area contributed by atoms with Crippen LogP contribution in [0, 0.1) is 23.7 Å². The average Bonchev–Trinajstić information content (AvgIpc) is 3.95. The molecule has 14 heteroatoms. The summed E-state index contributed by atoms with van der Waals surface area (Å²) in [6.07, 6.45) is 14.9. The number of carbonyl (C=O) groups is 6. The van der Waals surface area contributed by atoms with Crippen LogP contribution < -0.4 is 15.0 Å². The number of piperidine rings is 3. The van der Waals surface area contributed by atoms with Gasteiger partial charge in [0, 0.05) is 78.9 Å². The van der Waals surface area contributed by atoms with Gasteiger partial charge in [0.25, 0.3) is 11.8 Å². The van der Waals surface area contributed by atoms with Gasteiger partial charge in [-0.3, -0.25) is 48.6 Å². The van der Waals surface area contributed by atoms with E-state index in [2.05, 4.69) is 52.0 Å². The highest BCUT2D eigenvalue weighted by Crippen LogP contribution is 2.46. The van der Waals surface area contributed by atoms with Crippen LogP contribution in [-0.4, -0.2) is 111 Å². The number of likely N-dealkylation sites (tertiary alicyclic amines) is 2. The molecule has 1 unspecified atom stereocenters. The lowest BCUT2D eigenvalue weighted by Crippen LogP contribution is -2.54. The number of ether oxygens (including phenoxy) is 1. The quantitative estimate of drug-likeness (QED) is 0.247. The topological polar surface area (TPSA) is 154 Å². The third-order valence-electron chi connectivity index (χ3n) is 14.2. The second kappa shape index (κ2) is 16.5. The Balaban J connectivity index is 0.721. The summed E-state index contributed by atoms with van der Waals surface area (Å²) in [6.45, 7) is 5.44. The van der Waals surface area contributed by atoms with Gasteiger partial charge in [-0.05, 0) is 114 Å². The number of imide groups is 2. The van der Waals surface area contributed by atoms with E-state index in [9.17, 15) is 28.8 Å². The number of fused-ring (bicyclic) bond motifs is 2. The lowest BCUT2D eigenvalue weighted by Gasteiger charge is -2.38. The van der Waals surface area contributed by atoms with E-state index in [-0.39, 0.29) is 65.8 Å². The first-order valence-electron chi connectivity index (χ1n) is 22.7. The molecular weight excluding hydrogens is 787 g/mol. The number of hydrogen-bond donors (Lipinski definition) is 1. The molecule has 14 nitrogen and oxygen atoms in total. The molecule has 2 aromatic carbocycles. The van der Waals surface area contributed by atoms with Crippen molar-refractivity contribution in [2.45, 2.75) is 115 Å². The maximum Gasteiger partial charge on any atom is 0.262 e. The first-order valence-corrected chi connectivity index (χ1v) is 22.7. The Morgan fingerprint density at radius 1 is 0.839 bits per heavy atom. The highest BCUT2D eigenvalue weighted by atomic mass is 16.5. The monoisotopic (exact) mass is 839 g/mol. The van der Waals surface area contributed by atoms with Gasteiger partial charge in [-0.25, -0.2) is 0 Å². The van der Waals surface area contributed by atoms with Gasteiger partial charge in [0.05, 0.1) is 41.7 Å². The summed E-state index contributed by atoms with van der Waals surface area (Å²) < 4.78 is 8.84. The fourth-order valence-corrected chi connectivity index (χ4v) is 10.0. The van der Waals surface area contributed by atoms with E-state index in [1.807, 2.05) is 16.0 Å². The molecule has 6 amide bonds. The van der Waals surface area contributed by atoms with E-state index in [4.69, 9.17) is 9.84 Å². The van der Waals surface area contributed by atoms with Crippen LogP contribution in [0.4, 0.5) is 5.69 Å². The standard InChI is InChI=1S/C48H53N7O7/c1-29-5-11-38-40(54(29)46(59)32-9-10-32)14-13-36(44(38)62-35-3-2-4-35)33-26-49-53(27-33)34-19-21-51(22-20-34)28-43(57)52-23-17-30(18-24-52)6-7-31-8-12-37-39(25-31)48(61)55(47(37)60)41-15-16-42(56)50-45(41)58/h8,12-14,25-27,29-30,32,34-35,41H,2-5,9-11,15-24,28H2,1H3,(H,50,56,58)/t29-,41?/m0/s1.